The Morgan fingerprint density at radius 2 is 1.47 bits per heavy atom. The third-order valence-electron chi connectivity index (χ3n) is 3.73. The zero-order chi connectivity index (χ0) is 14.7. The number of carboxylic acids is 1. The molecule has 0 aliphatic rings. The van der Waals surface area contributed by atoms with Crippen molar-refractivity contribution in [3.8, 4) is 0 Å². The van der Waals surface area contributed by atoms with Gasteiger partial charge in [0, 0.05) is 13.3 Å². The highest BCUT2D eigenvalue weighted by atomic mass is 16.4. The molecule has 108 valence electrons. The maximum Gasteiger partial charge on any atom is 0.300 e. The van der Waals surface area contributed by atoms with Gasteiger partial charge in [-0.2, -0.15) is 0 Å². The molecule has 0 saturated heterocycles. The summed E-state index contributed by atoms with van der Waals surface area (Å²) in [5.74, 6) is -0.833. The molecule has 0 amide bonds. The van der Waals surface area contributed by atoms with Crippen LogP contribution in [0, 0.1) is 0 Å². The Balaban J connectivity index is 0.000000711. The van der Waals surface area contributed by atoms with Gasteiger partial charge < -0.3 is 9.59 Å². The van der Waals surface area contributed by atoms with Gasteiger partial charge in [0.25, 0.3) is 5.97 Å². The van der Waals surface area contributed by atoms with Crippen LogP contribution in [0.4, 0.5) is 0 Å². The summed E-state index contributed by atoms with van der Waals surface area (Å²) < 4.78 is 1.24. The second kappa shape index (κ2) is 9.56. The average molecular weight is 266 g/mol. The minimum atomic E-state index is -0.833. The van der Waals surface area contributed by atoms with Gasteiger partial charge in [-0.15, -0.1) is 0 Å². The summed E-state index contributed by atoms with van der Waals surface area (Å²) in [7, 11) is 0. The summed E-state index contributed by atoms with van der Waals surface area (Å²) in [5, 5.41) is 7.42. The fourth-order valence-corrected chi connectivity index (χ4v) is 2.16. The molecule has 19 heavy (non-hydrogen) atoms. The van der Waals surface area contributed by atoms with Gasteiger partial charge in [-0.25, -0.2) is 0 Å². The van der Waals surface area contributed by atoms with E-state index < -0.39 is 5.97 Å². The highest BCUT2D eigenvalue weighted by molar-refractivity contribution is 5.62. The fourth-order valence-electron chi connectivity index (χ4n) is 2.16. The standard InChI is InChI=1S/C14H24N.C2H4O2/c1-4-15(5-2,6-3)13-12-14-10-8-7-9-11-14;1-2(3)4/h7-11H,4-6,12-13H2,1-3H3;1H3,(H,3,4)/q+1;. The number of hydrogen-bond donors (Lipinski definition) is 1. The molecule has 1 N–H and O–H groups in total. The molecule has 3 heteroatoms. The number of likely N-dealkylation sites (N-methyl/N-ethyl adjacent to an activating group) is 1. The number of carbonyl (C=O) groups is 1. The van der Waals surface area contributed by atoms with Gasteiger partial charge in [0.2, 0.25) is 0 Å². The molecule has 0 radical (unpaired) electrons. The van der Waals surface area contributed by atoms with Crippen molar-refractivity contribution in [2.24, 2.45) is 0 Å². The minimum Gasteiger partial charge on any atom is -0.481 e. The van der Waals surface area contributed by atoms with Crippen LogP contribution in [-0.4, -0.2) is 41.7 Å². The van der Waals surface area contributed by atoms with Crippen molar-refractivity contribution >= 4 is 5.97 Å². The molecule has 0 saturated carbocycles. The van der Waals surface area contributed by atoms with Crippen LogP contribution in [0.25, 0.3) is 0 Å². The van der Waals surface area contributed by atoms with Gasteiger partial charge in [0.05, 0.1) is 26.2 Å². The van der Waals surface area contributed by atoms with Crippen LogP contribution in [0.5, 0.6) is 0 Å². The number of carboxylic acid groups (broad SMARTS) is 1. The van der Waals surface area contributed by atoms with E-state index in [1.54, 1.807) is 0 Å². The zero-order valence-electron chi connectivity index (χ0n) is 12.7. The van der Waals surface area contributed by atoms with E-state index in [0.717, 1.165) is 6.92 Å². The summed E-state index contributed by atoms with van der Waals surface area (Å²) in [6, 6.07) is 10.8. The topological polar surface area (TPSA) is 37.3 Å². The lowest BCUT2D eigenvalue weighted by atomic mass is 10.1. The lowest BCUT2D eigenvalue weighted by molar-refractivity contribution is -0.923. The first-order chi connectivity index (χ1) is 8.99. The molecule has 3 nitrogen and oxygen atoms in total. The van der Waals surface area contributed by atoms with Gasteiger partial charge >= 0.3 is 0 Å². The van der Waals surface area contributed by atoms with Crippen LogP contribution in [0.2, 0.25) is 0 Å². The molecule has 0 fully saturated rings. The van der Waals surface area contributed by atoms with E-state index in [1.165, 1.54) is 42.6 Å². The van der Waals surface area contributed by atoms with E-state index in [2.05, 4.69) is 51.1 Å². The summed E-state index contributed by atoms with van der Waals surface area (Å²) in [4.78, 5) is 9.00. The predicted molar refractivity (Wildman–Crippen MR) is 80.2 cm³/mol. The van der Waals surface area contributed by atoms with Crippen LogP contribution in [-0.2, 0) is 11.2 Å². The Kier molecular flexibility index (Phi) is 8.88. The number of aliphatic carboxylic acids is 1. The van der Waals surface area contributed by atoms with Crippen molar-refractivity contribution < 1.29 is 14.4 Å². The van der Waals surface area contributed by atoms with Crippen molar-refractivity contribution in [3.05, 3.63) is 35.9 Å². The lowest BCUT2D eigenvalue weighted by Gasteiger charge is -2.35. The number of nitrogens with zero attached hydrogens (tertiary/aromatic N) is 1. The van der Waals surface area contributed by atoms with Crippen LogP contribution in [0.1, 0.15) is 33.3 Å². The second-order valence-electron chi connectivity index (χ2n) is 4.77. The van der Waals surface area contributed by atoms with E-state index in [1.807, 2.05) is 0 Å². The van der Waals surface area contributed by atoms with E-state index in [9.17, 15) is 0 Å². The van der Waals surface area contributed by atoms with Crippen molar-refractivity contribution in [3.63, 3.8) is 0 Å². The summed E-state index contributed by atoms with van der Waals surface area (Å²) in [5.41, 5.74) is 1.47. The third kappa shape index (κ3) is 7.62. The van der Waals surface area contributed by atoms with Crippen LogP contribution < -0.4 is 0 Å². The first kappa shape index (κ1) is 17.6. The number of hydrogen-bond acceptors (Lipinski definition) is 1. The van der Waals surface area contributed by atoms with E-state index in [0.29, 0.717) is 0 Å². The highest BCUT2D eigenvalue weighted by Crippen LogP contribution is 2.09. The molecule has 0 aliphatic carbocycles. The number of quaternary nitrogens is 1. The molecule has 1 aromatic rings. The molecule has 0 aromatic heterocycles. The second-order valence-corrected chi connectivity index (χ2v) is 4.77. The molecule has 0 bridgehead atoms. The SMILES string of the molecule is CC(=O)O.CC[N+](CC)(CC)CCc1ccccc1. The smallest absolute Gasteiger partial charge is 0.300 e. The van der Waals surface area contributed by atoms with Gasteiger partial charge in [0.15, 0.2) is 0 Å². The Bertz CT molecular complexity index is 333. The molecule has 1 aromatic carbocycles. The average Bonchev–Trinajstić information content (AvgIpc) is 2.42. The Morgan fingerprint density at radius 3 is 1.84 bits per heavy atom. The first-order valence-electron chi connectivity index (χ1n) is 7.08. The zero-order valence-corrected chi connectivity index (χ0v) is 12.7. The lowest BCUT2D eigenvalue weighted by Crippen LogP contribution is -2.48. The van der Waals surface area contributed by atoms with E-state index in [4.69, 9.17) is 9.90 Å². The van der Waals surface area contributed by atoms with E-state index in [-0.39, 0.29) is 0 Å². The molecule has 0 unspecified atom stereocenters. The van der Waals surface area contributed by atoms with Gasteiger partial charge in [-0.05, 0) is 26.3 Å². The number of benzene rings is 1. The van der Waals surface area contributed by atoms with E-state index >= 15 is 0 Å². The van der Waals surface area contributed by atoms with Crippen molar-refractivity contribution in [2.45, 2.75) is 34.1 Å². The molecule has 1 rings (SSSR count). The summed E-state index contributed by atoms with van der Waals surface area (Å²) in [6.07, 6.45) is 1.20. The fraction of sp³-hybridized carbons (Fsp3) is 0.562. The third-order valence-corrected chi connectivity index (χ3v) is 3.73. The Hall–Kier alpha value is -1.35. The normalized spacial score (nSPS) is 10.5. The molecule has 0 aliphatic heterocycles. The molecular formula is C16H28NO2+. The summed E-state index contributed by atoms with van der Waals surface area (Å²) >= 11 is 0. The minimum absolute atomic E-state index is 0.833. The van der Waals surface area contributed by atoms with Crippen LogP contribution in [0.3, 0.4) is 0 Å². The largest absolute Gasteiger partial charge is 0.481 e. The monoisotopic (exact) mass is 266 g/mol. The predicted octanol–water partition coefficient (Wildman–Crippen LogP) is 3.20. The Morgan fingerprint density at radius 1 is 1.05 bits per heavy atom. The van der Waals surface area contributed by atoms with Crippen molar-refractivity contribution in [1.29, 1.82) is 0 Å². The molecule has 0 atom stereocenters. The maximum absolute atomic E-state index is 9.00. The van der Waals surface area contributed by atoms with Crippen LogP contribution in [0.15, 0.2) is 30.3 Å². The van der Waals surface area contributed by atoms with Crippen LogP contribution >= 0.6 is 0 Å². The highest BCUT2D eigenvalue weighted by Gasteiger charge is 2.19. The van der Waals surface area contributed by atoms with Gasteiger partial charge in [-0.1, -0.05) is 30.3 Å². The Labute approximate surface area is 117 Å². The van der Waals surface area contributed by atoms with Gasteiger partial charge in [-0.3, -0.25) is 4.79 Å². The molecular weight excluding hydrogens is 238 g/mol. The first-order valence-corrected chi connectivity index (χ1v) is 7.08. The molecule has 0 spiro atoms. The molecule has 0 heterocycles. The summed E-state index contributed by atoms with van der Waals surface area (Å²) in [6.45, 7) is 13.0. The number of rotatable bonds is 6. The van der Waals surface area contributed by atoms with Crippen molar-refractivity contribution in [1.82, 2.24) is 0 Å². The quantitative estimate of drug-likeness (QED) is 0.803. The maximum atomic E-state index is 9.00. The van der Waals surface area contributed by atoms with Gasteiger partial charge in [0.1, 0.15) is 0 Å². The van der Waals surface area contributed by atoms with Crippen molar-refractivity contribution in [2.75, 3.05) is 26.2 Å².